The van der Waals surface area contributed by atoms with E-state index >= 15 is 0 Å². The summed E-state index contributed by atoms with van der Waals surface area (Å²) in [6.45, 7) is 1.20. The molecule has 3 aromatic rings. The van der Waals surface area contributed by atoms with E-state index in [0.29, 0.717) is 25.5 Å². The van der Waals surface area contributed by atoms with Crippen LogP contribution in [-0.2, 0) is 11.3 Å². The standard InChI is InChI=1S/C21H23N7O/c1-22-21(24-14-16-8-10-23-19(12-16)28-11-5-9-25-28)26-17-13-20(29)27(15-17)18-6-3-2-4-7-18/h2-12,17H,13-15H2,1H3,(H2,22,24,26). The third kappa shape index (κ3) is 4.43. The van der Waals surface area contributed by atoms with Gasteiger partial charge in [-0.25, -0.2) is 9.67 Å². The second-order valence-corrected chi connectivity index (χ2v) is 6.78. The van der Waals surface area contributed by atoms with Crippen molar-refractivity contribution in [2.75, 3.05) is 18.5 Å². The Morgan fingerprint density at radius 3 is 2.83 bits per heavy atom. The molecular weight excluding hydrogens is 366 g/mol. The lowest BCUT2D eigenvalue weighted by atomic mass is 10.2. The first kappa shape index (κ1) is 18.7. The minimum Gasteiger partial charge on any atom is -0.352 e. The Morgan fingerprint density at radius 1 is 1.21 bits per heavy atom. The molecule has 8 nitrogen and oxygen atoms in total. The maximum Gasteiger partial charge on any atom is 0.229 e. The van der Waals surface area contributed by atoms with Gasteiger partial charge in [-0.2, -0.15) is 5.10 Å². The Labute approximate surface area is 169 Å². The summed E-state index contributed by atoms with van der Waals surface area (Å²) in [4.78, 5) is 22.8. The second-order valence-electron chi connectivity index (χ2n) is 6.78. The van der Waals surface area contributed by atoms with Crippen molar-refractivity contribution in [1.29, 1.82) is 0 Å². The van der Waals surface area contributed by atoms with Gasteiger partial charge in [0.1, 0.15) is 0 Å². The van der Waals surface area contributed by atoms with Gasteiger partial charge in [0.05, 0.1) is 6.04 Å². The molecule has 1 saturated heterocycles. The van der Waals surface area contributed by atoms with Crippen LogP contribution in [0, 0.1) is 0 Å². The zero-order chi connectivity index (χ0) is 20.1. The second kappa shape index (κ2) is 8.55. The predicted octanol–water partition coefficient (Wildman–Crippen LogP) is 1.74. The molecule has 1 fully saturated rings. The Kier molecular flexibility index (Phi) is 5.51. The molecule has 3 heterocycles. The number of hydrogen-bond donors (Lipinski definition) is 2. The number of hydrogen-bond acceptors (Lipinski definition) is 4. The van der Waals surface area contributed by atoms with Crippen LogP contribution >= 0.6 is 0 Å². The van der Waals surface area contributed by atoms with Crippen molar-refractivity contribution in [2.24, 2.45) is 4.99 Å². The van der Waals surface area contributed by atoms with Gasteiger partial charge in [-0.05, 0) is 35.9 Å². The van der Waals surface area contributed by atoms with E-state index in [9.17, 15) is 4.79 Å². The molecule has 2 N–H and O–H groups in total. The summed E-state index contributed by atoms with van der Waals surface area (Å²) < 4.78 is 1.72. The predicted molar refractivity (Wildman–Crippen MR) is 112 cm³/mol. The van der Waals surface area contributed by atoms with Gasteiger partial charge >= 0.3 is 0 Å². The Morgan fingerprint density at radius 2 is 2.07 bits per heavy atom. The van der Waals surface area contributed by atoms with Gasteiger partial charge in [0.2, 0.25) is 5.91 Å². The molecule has 1 aliphatic heterocycles. The summed E-state index contributed by atoms with van der Waals surface area (Å²) in [5.74, 6) is 1.54. The molecular formula is C21H23N7O. The molecule has 1 aliphatic rings. The van der Waals surface area contributed by atoms with Crippen LogP contribution in [0.4, 0.5) is 5.69 Å². The van der Waals surface area contributed by atoms with Crippen LogP contribution in [0.25, 0.3) is 5.82 Å². The van der Waals surface area contributed by atoms with E-state index in [1.807, 2.05) is 59.6 Å². The van der Waals surface area contributed by atoms with Gasteiger partial charge in [-0.1, -0.05) is 18.2 Å². The molecule has 0 saturated carbocycles. The summed E-state index contributed by atoms with van der Waals surface area (Å²) >= 11 is 0. The smallest absolute Gasteiger partial charge is 0.229 e. The molecule has 29 heavy (non-hydrogen) atoms. The summed E-state index contributed by atoms with van der Waals surface area (Å²) in [6, 6.07) is 15.5. The van der Waals surface area contributed by atoms with Crippen LogP contribution in [0.1, 0.15) is 12.0 Å². The first-order chi connectivity index (χ1) is 14.2. The lowest BCUT2D eigenvalue weighted by Gasteiger charge is -2.19. The van der Waals surface area contributed by atoms with E-state index in [2.05, 4.69) is 25.7 Å². The van der Waals surface area contributed by atoms with E-state index in [4.69, 9.17) is 0 Å². The number of para-hydroxylation sites is 1. The molecule has 0 aliphatic carbocycles. The van der Waals surface area contributed by atoms with Crippen molar-refractivity contribution >= 4 is 17.6 Å². The summed E-state index contributed by atoms with van der Waals surface area (Å²) in [7, 11) is 1.72. The Bertz CT molecular complexity index is 985. The van der Waals surface area contributed by atoms with Crippen LogP contribution in [0.5, 0.6) is 0 Å². The number of carbonyl (C=O) groups excluding carboxylic acids is 1. The minimum atomic E-state index is 0.00554. The molecule has 1 atom stereocenters. The first-order valence-electron chi connectivity index (χ1n) is 9.50. The highest BCUT2D eigenvalue weighted by Crippen LogP contribution is 2.20. The van der Waals surface area contributed by atoms with Crippen LogP contribution in [-0.4, -0.2) is 46.3 Å². The molecule has 1 aromatic carbocycles. The van der Waals surface area contributed by atoms with Crippen LogP contribution < -0.4 is 15.5 Å². The van der Waals surface area contributed by atoms with Gasteiger partial charge in [-0.15, -0.1) is 0 Å². The molecule has 0 spiro atoms. The maximum atomic E-state index is 12.4. The average Bonchev–Trinajstić information content (AvgIpc) is 3.42. The number of rotatable bonds is 5. The third-order valence-corrected chi connectivity index (χ3v) is 4.77. The molecule has 0 bridgehead atoms. The minimum absolute atomic E-state index is 0.00554. The SMILES string of the molecule is CN=C(NCc1ccnc(-n2cccn2)c1)NC1CC(=O)N(c2ccccc2)C1. The van der Waals surface area contributed by atoms with Gasteiger partial charge < -0.3 is 15.5 Å². The third-order valence-electron chi connectivity index (χ3n) is 4.77. The monoisotopic (exact) mass is 389 g/mol. The zero-order valence-corrected chi connectivity index (χ0v) is 16.2. The van der Waals surface area contributed by atoms with Crippen molar-refractivity contribution in [2.45, 2.75) is 19.0 Å². The lowest BCUT2D eigenvalue weighted by Crippen LogP contribution is -2.44. The molecule has 2 aromatic heterocycles. The average molecular weight is 389 g/mol. The van der Waals surface area contributed by atoms with E-state index in [-0.39, 0.29) is 11.9 Å². The number of aromatic nitrogens is 3. The Hall–Kier alpha value is -3.68. The topological polar surface area (TPSA) is 87.4 Å². The Balaban J connectivity index is 1.35. The number of aliphatic imine (C=N–C) groups is 1. The molecule has 0 radical (unpaired) electrons. The van der Waals surface area contributed by atoms with E-state index < -0.39 is 0 Å². The van der Waals surface area contributed by atoms with E-state index in [1.54, 1.807) is 24.1 Å². The largest absolute Gasteiger partial charge is 0.352 e. The number of amides is 1. The van der Waals surface area contributed by atoms with E-state index in [0.717, 1.165) is 17.1 Å². The molecule has 4 rings (SSSR count). The fourth-order valence-electron chi connectivity index (χ4n) is 3.34. The van der Waals surface area contributed by atoms with Gasteiger partial charge in [0.25, 0.3) is 0 Å². The van der Waals surface area contributed by atoms with Gasteiger partial charge in [-0.3, -0.25) is 9.79 Å². The zero-order valence-electron chi connectivity index (χ0n) is 16.2. The summed E-state index contributed by atoms with van der Waals surface area (Å²) in [5.41, 5.74) is 1.98. The fourth-order valence-corrected chi connectivity index (χ4v) is 3.34. The van der Waals surface area contributed by atoms with Crippen molar-refractivity contribution in [1.82, 2.24) is 25.4 Å². The van der Waals surface area contributed by atoms with E-state index in [1.165, 1.54) is 0 Å². The van der Waals surface area contributed by atoms with Crippen molar-refractivity contribution < 1.29 is 4.79 Å². The number of guanidine groups is 1. The molecule has 148 valence electrons. The highest BCUT2D eigenvalue weighted by atomic mass is 16.2. The van der Waals surface area contributed by atoms with Gasteiger partial charge in [0.15, 0.2) is 11.8 Å². The number of pyridine rings is 1. The number of benzene rings is 1. The maximum absolute atomic E-state index is 12.4. The van der Waals surface area contributed by atoms with Gasteiger partial charge in [0, 0.05) is 50.8 Å². The number of anilines is 1. The number of nitrogens with zero attached hydrogens (tertiary/aromatic N) is 5. The molecule has 1 amide bonds. The first-order valence-corrected chi connectivity index (χ1v) is 9.50. The fraction of sp³-hybridized carbons (Fsp3) is 0.238. The highest BCUT2D eigenvalue weighted by Gasteiger charge is 2.31. The quantitative estimate of drug-likeness (QED) is 0.513. The normalized spacial score (nSPS) is 16.9. The summed E-state index contributed by atoms with van der Waals surface area (Å²) in [6.07, 6.45) is 5.78. The number of carbonyl (C=O) groups is 1. The van der Waals surface area contributed by atoms with Crippen molar-refractivity contribution in [3.05, 3.63) is 72.7 Å². The molecule has 8 heteroatoms. The molecule has 1 unspecified atom stereocenters. The van der Waals surface area contributed by atoms with Crippen molar-refractivity contribution in [3.8, 4) is 5.82 Å². The van der Waals surface area contributed by atoms with Crippen LogP contribution in [0.2, 0.25) is 0 Å². The van der Waals surface area contributed by atoms with Crippen LogP contribution in [0.15, 0.2) is 72.1 Å². The lowest BCUT2D eigenvalue weighted by molar-refractivity contribution is -0.117. The van der Waals surface area contributed by atoms with Crippen LogP contribution in [0.3, 0.4) is 0 Å². The highest BCUT2D eigenvalue weighted by molar-refractivity contribution is 5.97. The van der Waals surface area contributed by atoms with Crippen molar-refractivity contribution in [3.63, 3.8) is 0 Å². The summed E-state index contributed by atoms with van der Waals surface area (Å²) in [5, 5.41) is 10.9. The number of nitrogens with one attached hydrogen (secondary N) is 2.